The Morgan fingerprint density at radius 1 is 1.09 bits per heavy atom. The van der Waals surface area contributed by atoms with Crippen LogP contribution in [0.4, 0.5) is 0 Å². The zero-order chi connectivity index (χ0) is 25.8. The maximum atomic E-state index is 13.4. The summed E-state index contributed by atoms with van der Waals surface area (Å²) in [6, 6.07) is 10.1. The molecule has 2 aromatic rings. The smallest absolute Gasteiger partial charge is 0.269 e. The Kier molecular flexibility index (Phi) is 8.79. The van der Waals surface area contributed by atoms with Crippen molar-refractivity contribution in [1.82, 2.24) is 14.5 Å². The number of nitrogens with zero attached hydrogens (tertiary/aromatic N) is 2. The molecule has 0 saturated carbocycles. The van der Waals surface area contributed by atoms with Crippen LogP contribution >= 0.6 is 23.2 Å². The summed E-state index contributed by atoms with van der Waals surface area (Å²) in [6.07, 6.45) is 0.797. The van der Waals surface area contributed by atoms with E-state index in [0.29, 0.717) is 32.9 Å². The van der Waals surface area contributed by atoms with E-state index in [1.165, 1.54) is 23.1 Å². The highest BCUT2D eigenvalue weighted by Gasteiger charge is 2.41. The monoisotopic (exact) mass is 539 g/mol. The second kappa shape index (κ2) is 11.4. The molecule has 1 N–H and O–H groups in total. The number of fused-ring (bicyclic) bond motifs is 1. The number of hydrogen-bond acceptors (Lipinski definition) is 5. The Labute approximate surface area is 215 Å². The van der Waals surface area contributed by atoms with Gasteiger partial charge in [-0.05, 0) is 42.7 Å². The van der Waals surface area contributed by atoms with Crippen LogP contribution in [0.1, 0.15) is 49.0 Å². The topological polar surface area (TPSA) is 104 Å². The molecule has 0 radical (unpaired) electrons. The highest BCUT2D eigenvalue weighted by molar-refractivity contribution is 7.90. The van der Waals surface area contributed by atoms with Crippen LogP contribution in [0.15, 0.2) is 47.4 Å². The maximum Gasteiger partial charge on any atom is 0.269 e. The SMILES string of the molecule is CCCNC(=O)[C@H](CC)N(Cc1ccc(Cl)c(Cl)c1)C(=O)CCN1C(=O)c2ccccc2S1(=O)=O. The first-order chi connectivity index (χ1) is 16.6. The number of carbonyl (C=O) groups excluding carboxylic acids is 3. The van der Waals surface area contributed by atoms with Crippen molar-refractivity contribution in [2.24, 2.45) is 0 Å². The molecule has 0 spiro atoms. The molecule has 1 aliphatic heterocycles. The van der Waals surface area contributed by atoms with Crippen LogP contribution in [-0.2, 0) is 26.2 Å². The van der Waals surface area contributed by atoms with E-state index < -0.39 is 27.9 Å². The van der Waals surface area contributed by atoms with Gasteiger partial charge in [0, 0.05) is 26.1 Å². The Balaban J connectivity index is 1.84. The molecule has 2 aromatic carbocycles. The van der Waals surface area contributed by atoms with E-state index in [1.54, 1.807) is 31.2 Å². The number of halogens is 2. The fourth-order valence-corrected chi connectivity index (χ4v) is 5.80. The lowest BCUT2D eigenvalue weighted by atomic mass is 10.1. The number of amides is 3. The number of hydrogen-bond donors (Lipinski definition) is 1. The van der Waals surface area contributed by atoms with Crippen molar-refractivity contribution in [3.8, 4) is 0 Å². The first-order valence-corrected chi connectivity index (χ1v) is 13.5. The van der Waals surface area contributed by atoms with Crippen LogP contribution in [0.5, 0.6) is 0 Å². The zero-order valence-electron chi connectivity index (χ0n) is 19.5. The minimum absolute atomic E-state index is 0.0642. The molecular formula is C24H27Cl2N3O5S. The highest BCUT2D eigenvalue weighted by Crippen LogP contribution is 2.30. The van der Waals surface area contributed by atoms with Gasteiger partial charge in [-0.15, -0.1) is 0 Å². The Morgan fingerprint density at radius 3 is 2.43 bits per heavy atom. The molecule has 0 unspecified atom stereocenters. The van der Waals surface area contributed by atoms with Gasteiger partial charge in [0.05, 0.1) is 15.6 Å². The maximum absolute atomic E-state index is 13.4. The standard InChI is InChI=1S/C24H27Cl2N3O5S/c1-3-12-27-23(31)20(4-2)28(15-16-9-10-18(25)19(26)14-16)22(30)11-13-29-24(32)17-7-5-6-8-21(17)35(29,33)34/h5-10,14,20H,3-4,11-13,15H2,1-2H3,(H,27,31)/t20-/m0/s1. The summed E-state index contributed by atoms with van der Waals surface area (Å²) in [5, 5.41) is 3.49. The fourth-order valence-electron chi connectivity index (χ4n) is 3.91. The molecule has 8 nitrogen and oxygen atoms in total. The van der Waals surface area contributed by atoms with E-state index >= 15 is 0 Å². The molecule has 11 heteroatoms. The normalized spacial score (nSPS) is 15.0. The third kappa shape index (κ3) is 5.79. The lowest BCUT2D eigenvalue weighted by Crippen LogP contribution is -2.49. The van der Waals surface area contributed by atoms with E-state index in [2.05, 4.69) is 5.32 Å². The summed E-state index contributed by atoms with van der Waals surface area (Å²) >= 11 is 12.1. The molecular weight excluding hydrogens is 513 g/mol. The van der Waals surface area contributed by atoms with Crippen LogP contribution in [-0.4, -0.2) is 54.5 Å². The number of carbonyl (C=O) groups is 3. The molecule has 0 bridgehead atoms. The number of nitrogens with one attached hydrogen (secondary N) is 1. The fraction of sp³-hybridized carbons (Fsp3) is 0.375. The van der Waals surface area contributed by atoms with Gasteiger partial charge in [0.2, 0.25) is 11.8 Å². The first kappa shape index (κ1) is 27.0. The van der Waals surface area contributed by atoms with E-state index in [1.807, 2.05) is 6.92 Å². The summed E-state index contributed by atoms with van der Waals surface area (Å²) in [6.45, 7) is 3.90. The quantitative estimate of drug-likeness (QED) is 0.493. The highest BCUT2D eigenvalue weighted by atomic mass is 35.5. The van der Waals surface area contributed by atoms with Gasteiger partial charge in [0.1, 0.15) is 10.9 Å². The largest absolute Gasteiger partial charge is 0.354 e. The van der Waals surface area contributed by atoms with Crippen LogP contribution < -0.4 is 5.32 Å². The molecule has 0 aliphatic carbocycles. The number of benzene rings is 2. The van der Waals surface area contributed by atoms with Gasteiger partial charge in [0.25, 0.3) is 15.9 Å². The Bertz CT molecular complexity index is 1240. The lowest BCUT2D eigenvalue weighted by Gasteiger charge is -2.31. The van der Waals surface area contributed by atoms with Crippen LogP contribution in [0.3, 0.4) is 0 Å². The van der Waals surface area contributed by atoms with Crippen molar-refractivity contribution in [3.05, 3.63) is 63.6 Å². The average molecular weight is 540 g/mol. The second-order valence-corrected chi connectivity index (χ2v) is 10.8. The van der Waals surface area contributed by atoms with E-state index in [9.17, 15) is 22.8 Å². The number of rotatable bonds is 10. The summed E-state index contributed by atoms with van der Waals surface area (Å²) in [7, 11) is -4.04. The predicted molar refractivity (Wildman–Crippen MR) is 134 cm³/mol. The summed E-state index contributed by atoms with van der Waals surface area (Å²) in [5.74, 6) is -1.44. The average Bonchev–Trinajstić information content (AvgIpc) is 3.03. The molecule has 0 fully saturated rings. The predicted octanol–water partition coefficient (Wildman–Crippen LogP) is 3.86. The van der Waals surface area contributed by atoms with Gasteiger partial charge in [0.15, 0.2) is 0 Å². The minimum atomic E-state index is -4.04. The van der Waals surface area contributed by atoms with Crippen LogP contribution in [0.2, 0.25) is 10.0 Å². The number of sulfonamides is 1. The van der Waals surface area contributed by atoms with Crippen LogP contribution in [0.25, 0.3) is 0 Å². The first-order valence-electron chi connectivity index (χ1n) is 11.3. The molecule has 3 rings (SSSR count). The molecule has 188 valence electrons. The minimum Gasteiger partial charge on any atom is -0.354 e. The third-order valence-electron chi connectivity index (χ3n) is 5.71. The molecule has 1 atom stereocenters. The van der Waals surface area contributed by atoms with E-state index in [-0.39, 0.29) is 35.9 Å². The zero-order valence-corrected chi connectivity index (χ0v) is 21.8. The summed E-state index contributed by atoms with van der Waals surface area (Å²) < 4.78 is 26.4. The van der Waals surface area contributed by atoms with Crippen molar-refractivity contribution in [1.29, 1.82) is 0 Å². The third-order valence-corrected chi connectivity index (χ3v) is 8.29. The molecule has 3 amide bonds. The van der Waals surface area contributed by atoms with Crippen molar-refractivity contribution < 1.29 is 22.8 Å². The van der Waals surface area contributed by atoms with Crippen molar-refractivity contribution in [2.75, 3.05) is 13.1 Å². The van der Waals surface area contributed by atoms with Gasteiger partial charge in [-0.25, -0.2) is 12.7 Å². The summed E-state index contributed by atoms with van der Waals surface area (Å²) in [4.78, 5) is 40.2. The summed E-state index contributed by atoms with van der Waals surface area (Å²) in [5.41, 5.74) is 0.741. The lowest BCUT2D eigenvalue weighted by molar-refractivity contribution is -0.141. The molecule has 1 heterocycles. The molecule has 0 saturated heterocycles. The van der Waals surface area contributed by atoms with Gasteiger partial charge in [-0.3, -0.25) is 14.4 Å². The molecule has 0 aromatic heterocycles. The van der Waals surface area contributed by atoms with Crippen LogP contribution in [0, 0.1) is 0 Å². The molecule has 35 heavy (non-hydrogen) atoms. The Morgan fingerprint density at radius 2 is 1.80 bits per heavy atom. The van der Waals surface area contributed by atoms with Crippen molar-refractivity contribution >= 4 is 50.9 Å². The van der Waals surface area contributed by atoms with Crippen molar-refractivity contribution in [3.63, 3.8) is 0 Å². The second-order valence-electron chi connectivity index (χ2n) is 8.11. The Hall–Kier alpha value is -2.62. The molecule has 1 aliphatic rings. The van der Waals surface area contributed by atoms with Gasteiger partial charge >= 0.3 is 0 Å². The van der Waals surface area contributed by atoms with E-state index in [0.717, 1.165) is 6.42 Å². The van der Waals surface area contributed by atoms with Gasteiger partial charge in [-0.1, -0.05) is 55.2 Å². The van der Waals surface area contributed by atoms with Gasteiger partial charge < -0.3 is 10.2 Å². The van der Waals surface area contributed by atoms with E-state index in [4.69, 9.17) is 23.2 Å². The van der Waals surface area contributed by atoms with Crippen molar-refractivity contribution in [2.45, 2.75) is 50.6 Å². The van der Waals surface area contributed by atoms with Gasteiger partial charge in [-0.2, -0.15) is 0 Å².